The maximum Gasteiger partial charge on any atom is 0.195 e. The molecule has 0 unspecified atom stereocenters. The minimum Gasteiger partial charge on any atom is -0.300 e. The second-order valence-electron chi connectivity index (χ2n) is 4.78. The van der Waals surface area contributed by atoms with Crippen LogP contribution >= 0.6 is 12.2 Å². The van der Waals surface area contributed by atoms with Gasteiger partial charge in [-0.25, -0.2) is 0 Å². The van der Waals surface area contributed by atoms with Gasteiger partial charge in [0, 0.05) is 24.5 Å². The number of nitrogens with zero attached hydrogens (tertiary/aromatic N) is 3. The molecule has 0 spiro atoms. The highest BCUT2D eigenvalue weighted by molar-refractivity contribution is 7.71. The van der Waals surface area contributed by atoms with Crippen LogP contribution in [-0.2, 0) is 6.54 Å². The van der Waals surface area contributed by atoms with Crippen LogP contribution in [0.5, 0.6) is 0 Å². The SMILES string of the molecule is CC(C)CCCn1c(-c2ccncc2)n[nH]c1=S. The van der Waals surface area contributed by atoms with Crippen molar-refractivity contribution in [2.45, 2.75) is 33.2 Å². The fraction of sp³-hybridized carbons (Fsp3) is 0.462. The smallest absolute Gasteiger partial charge is 0.195 e. The van der Waals surface area contributed by atoms with Crippen molar-refractivity contribution in [2.24, 2.45) is 5.92 Å². The van der Waals surface area contributed by atoms with Gasteiger partial charge in [0.15, 0.2) is 10.6 Å². The normalized spacial score (nSPS) is 11.1. The summed E-state index contributed by atoms with van der Waals surface area (Å²) in [4.78, 5) is 4.02. The van der Waals surface area contributed by atoms with Crippen molar-refractivity contribution in [3.63, 3.8) is 0 Å². The van der Waals surface area contributed by atoms with E-state index in [-0.39, 0.29) is 0 Å². The Morgan fingerprint density at radius 1 is 1.33 bits per heavy atom. The fourth-order valence-corrected chi connectivity index (χ4v) is 2.13. The number of aromatic amines is 1. The predicted octanol–water partition coefficient (Wildman–Crippen LogP) is 3.44. The molecule has 18 heavy (non-hydrogen) atoms. The quantitative estimate of drug-likeness (QED) is 0.840. The van der Waals surface area contributed by atoms with E-state index in [9.17, 15) is 0 Å². The Hall–Kier alpha value is -1.49. The van der Waals surface area contributed by atoms with Crippen LogP contribution in [0.2, 0.25) is 0 Å². The molecule has 0 fully saturated rings. The Balaban J connectivity index is 2.20. The number of pyridine rings is 1. The first-order valence-corrected chi connectivity index (χ1v) is 6.65. The third-order valence-corrected chi connectivity index (χ3v) is 3.17. The van der Waals surface area contributed by atoms with E-state index >= 15 is 0 Å². The number of H-pyrrole nitrogens is 1. The molecule has 0 radical (unpaired) electrons. The highest BCUT2D eigenvalue weighted by atomic mass is 32.1. The van der Waals surface area contributed by atoms with Crippen LogP contribution in [0.1, 0.15) is 26.7 Å². The summed E-state index contributed by atoms with van der Waals surface area (Å²) in [7, 11) is 0. The zero-order valence-electron chi connectivity index (χ0n) is 10.8. The van der Waals surface area contributed by atoms with Crippen molar-refractivity contribution < 1.29 is 0 Å². The van der Waals surface area contributed by atoms with Crippen molar-refractivity contribution in [1.29, 1.82) is 0 Å². The van der Waals surface area contributed by atoms with Crippen molar-refractivity contribution in [2.75, 3.05) is 0 Å². The summed E-state index contributed by atoms with van der Waals surface area (Å²) >= 11 is 5.28. The number of hydrogen-bond donors (Lipinski definition) is 1. The highest BCUT2D eigenvalue weighted by Gasteiger charge is 2.08. The van der Waals surface area contributed by atoms with Gasteiger partial charge in [-0.05, 0) is 43.1 Å². The number of aromatic nitrogens is 4. The van der Waals surface area contributed by atoms with Crippen LogP contribution in [0.15, 0.2) is 24.5 Å². The summed E-state index contributed by atoms with van der Waals surface area (Å²) in [6.45, 7) is 5.38. The third kappa shape index (κ3) is 3.04. The molecule has 0 saturated carbocycles. The largest absolute Gasteiger partial charge is 0.300 e. The van der Waals surface area contributed by atoms with Crippen LogP contribution in [0.3, 0.4) is 0 Å². The average Bonchev–Trinajstić information content (AvgIpc) is 2.72. The molecule has 1 N–H and O–H groups in total. The topological polar surface area (TPSA) is 46.5 Å². The van der Waals surface area contributed by atoms with E-state index in [4.69, 9.17) is 12.2 Å². The second-order valence-corrected chi connectivity index (χ2v) is 5.16. The lowest BCUT2D eigenvalue weighted by molar-refractivity contribution is 0.511. The summed E-state index contributed by atoms with van der Waals surface area (Å²) in [5.74, 6) is 1.61. The number of nitrogens with one attached hydrogen (secondary N) is 1. The molecule has 0 bridgehead atoms. The Kier molecular flexibility index (Phi) is 4.25. The molecule has 0 aliphatic carbocycles. The van der Waals surface area contributed by atoms with Crippen LogP contribution in [-0.4, -0.2) is 19.7 Å². The maximum absolute atomic E-state index is 5.28. The zero-order valence-corrected chi connectivity index (χ0v) is 11.6. The van der Waals surface area contributed by atoms with Crippen LogP contribution < -0.4 is 0 Å². The molecule has 0 atom stereocenters. The van der Waals surface area contributed by atoms with E-state index in [0.29, 0.717) is 4.77 Å². The van der Waals surface area contributed by atoms with Gasteiger partial charge in [-0.3, -0.25) is 10.1 Å². The van der Waals surface area contributed by atoms with Gasteiger partial charge < -0.3 is 4.57 Å². The lowest BCUT2D eigenvalue weighted by Crippen LogP contribution is -2.02. The predicted molar refractivity (Wildman–Crippen MR) is 74.7 cm³/mol. The van der Waals surface area contributed by atoms with E-state index in [0.717, 1.165) is 30.3 Å². The van der Waals surface area contributed by atoms with E-state index < -0.39 is 0 Å². The van der Waals surface area contributed by atoms with E-state index in [1.807, 2.05) is 12.1 Å². The molecular weight excluding hydrogens is 244 g/mol. The first kappa shape index (κ1) is 13.0. The minimum atomic E-state index is 0.686. The molecular formula is C13H18N4S. The van der Waals surface area contributed by atoms with Gasteiger partial charge >= 0.3 is 0 Å². The summed E-state index contributed by atoms with van der Waals surface area (Å²) in [6, 6.07) is 3.90. The Morgan fingerprint density at radius 3 is 2.72 bits per heavy atom. The zero-order chi connectivity index (χ0) is 13.0. The molecule has 0 saturated heterocycles. The number of rotatable bonds is 5. The maximum atomic E-state index is 5.28. The fourth-order valence-electron chi connectivity index (χ4n) is 1.90. The van der Waals surface area contributed by atoms with Crippen molar-refractivity contribution in [3.8, 4) is 11.4 Å². The van der Waals surface area contributed by atoms with Crippen LogP contribution in [0, 0.1) is 10.7 Å². The lowest BCUT2D eigenvalue weighted by atomic mass is 10.1. The van der Waals surface area contributed by atoms with Gasteiger partial charge in [0.05, 0.1) is 0 Å². The van der Waals surface area contributed by atoms with E-state index in [1.54, 1.807) is 12.4 Å². The molecule has 0 aliphatic heterocycles. The van der Waals surface area contributed by atoms with Gasteiger partial charge in [0.2, 0.25) is 0 Å². The minimum absolute atomic E-state index is 0.686. The summed E-state index contributed by atoms with van der Waals surface area (Å²) in [5, 5.41) is 7.17. The van der Waals surface area contributed by atoms with Crippen molar-refractivity contribution >= 4 is 12.2 Å². The first-order valence-electron chi connectivity index (χ1n) is 6.24. The molecule has 0 aromatic carbocycles. The Bertz CT molecular complexity index is 542. The first-order chi connectivity index (χ1) is 8.68. The lowest BCUT2D eigenvalue weighted by Gasteiger charge is -2.08. The molecule has 2 rings (SSSR count). The average molecular weight is 262 g/mol. The molecule has 0 amide bonds. The Morgan fingerprint density at radius 2 is 2.06 bits per heavy atom. The monoisotopic (exact) mass is 262 g/mol. The van der Waals surface area contributed by atoms with Crippen molar-refractivity contribution in [3.05, 3.63) is 29.3 Å². The number of hydrogen-bond acceptors (Lipinski definition) is 3. The molecule has 2 heterocycles. The molecule has 0 aliphatic rings. The van der Waals surface area contributed by atoms with E-state index in [2.05, 4.69) is 33.6 Å². The van der Waals surface area contributed by atoms with Gasteiger partial charge in [-0.1, -0.05) is 13.8 Å². The van der Waals surface area contributed by atoms with Gasteiger partial charge in [-0.15, -0.1) is 0 Å². The van der Waals surface area contributed by atoms with E-state index in [1.165, 1.54) is 6.42 Å². The highest BCUT2D eigenvalue weighted by Crippen LogP contribution is 2.17. The summed E-state index contributed by atoms with van der Waals surface area (Å²) in [6.07, 6.45) is 5.85. The Labute approximate surface area is 112 Å². The second kappa shape index (κ2) is 5.91. The van der Waals surface area contributed by atoms with Gasteiger partial charge in [0.25, 0.3) is 0 Å². The molecule has 4 nitrogen and oxygen atoms in total. The van der Waals surface area contributed by atoms with Gasteiger partial charge in [-0.2, -0.15) is 5.10 Å². The van der Waals surface area contributed by atoms with Crippen molar-refractivity contribution in [1.82, 2.24) is 19.7 Å². The molecule has 96 valence electrons. The van der Waals surface area contributed by atoms with Crippen LogP contribution in [0.4, 0.5) is 0 Å². The molecule has 2 aromatic heterocycles. The van der Waals surface area contributed by atoms with Crippen LogP contribution in [0.25, 0.3) is 11.4 Å². The summed E-state index contributed by atoms with van der Waals surface area (Å²) in [5.41, 5.74) is 1.04. The third-order valence-electron chi connectivity index (χ3n) is 2.86. The van der Waals surface area contributed by atoms with Gasteiger partial charge in [0.1, 0.15) is 0 Å². The summed E-state index contributed by atoms with van der Waals surface area (Å²) < 4.78 is 2.75. The molecule has 2 aromatic rings. The molecule has 5 heteroatoms. The standard InChI is InChI=1S/C13H18N4S/c1-10(2)4-3-9-17-12(15-16-13(17)18)11-5-7-14-8-6-11/h5-8,10H,3-4,9H2,1-2H3,(H,16,18).